The van der Waals surface area contributed by atoms with Crippen LogP contribution in [0.4, 0.5) is 0 Å². The summed E-state index contributed by atoms with van der Waals surface area (Å²) in [6.45, 7) is 16.3. The van der Waals surface area contributed by atoms with Gasteiger partial charge in [-0.3, -0.25) is 4.79 Å². The second-order valence-electron chi connectivity index (χ2n) is 13.5. The number of methoxy groups -OCH3 is 1. The number of ether oxygens (including phenoxy) is 1. The molecular weight excluding hydrogens is 418 g/mol. The summed E-state index contributed by atoms with van der Waals surface area (Å²) in [5.74, 6) is 7.48. The molecule has 0 aromatic carbocycles. The first kappa shape index (κ1) is 28.0. The van der Waals surface area contributed by atoms with Crippen molar-refractivity contribution in [2.45, 2.75) is 112 Å². The van der Waals surface area contributed by atoms with E-state index in [0.717, 1.165) is 61.0 Å². The van der Waals surface area contributed by atoms with Gasteiger partial charge in [0, 0.05) is 20.3 Å². The third-order valence-electron chi connectivity index (χ3n) is 11.4. The highest BCUT2D eigenvalue weighted by Gasteiger charge is 2.61. The van der Waals surface area contributed by atoms with Crippen molar-refractivity contribution in [3.05, 3.63) is 0 Å². The molecule has 0 heterocycles. The van der Waals surface area contributed by atoms with Gasteiger partial charge in [0.2, 0.25) is 6.41 Å². The average molecular weight is 476 g/mol. The van der Waals surface area contributed by atoms with Gasteiger partial charge in [0.15, 0.2) is 0 Å². The van der Waals surface area contributed by atoms with Gasteiger partial charge in [0.1, 0.15) is 0 Å². The van der Waals surface area contributed by atoms with Gasteiger partial charge in [-0.05, 0) is 110 Å². The fraction of sp³-hybridized carbons (Fsp3) is 0.968. The van der Waals surface area contributed by atoms with Gasteiger partial charge >= 0.3 is 0 Å². The zero-order valence-electron chi connectivity index (χ0n) is 23.7. The van der Waals surface area contributed by atoms with Gasteiger partial charge in [0.05, 0.1) is 0 Å². The molecule has 0 aromatic heterocycles. The lowest BCUT2D eigenvalue weighted by molar-refractivity contribution is -0.138. The molecule has 0 aromatic rings. The topological polar surface area (TPSA) is 38.3 Å². The Morgan fingerprint density at radius 2 is 1.71 bits per heavy atom. The highest BCUT2D eigenvalue weighted by molar-refractivity contribution is 5.45. The number of carbonyl (C=O) groups excluding carboxylic acids is 1. The predicted molar refractivity (Wildman–Crippen MR) is 144 cm³/mol. The van der Waals surface area contributed by atoms with Crippen LogP contribution in [0, 0.1) is 58.2 Å². The van der Waals surface area contributed by atoms with Crippen molar-refractivity contribution in [1.82, 2.24) is 5.32 Å². The Kier molecular flexibility index (Phi) is 9.98. The monoisotopic (exact) mass is 475 g/mol. The Hall–Kier alpha value is -0.570. The van der Waals surface area contributed by atoms with Crippen LogP contribution in [0.5, 0.6) is 0 Å². The molecule has 0 saturated heterocycles. The van der Waals surface area contributed by atoms with Crippen LogP contribution in [-0.4, -0.2) is 26.7 Å². The number of amides is 1. The van der Waals surface area contributed by atoms with Gasteiger partial charge in [0.25, 0.3) is 0 Å². The number of hydrogen-bond donors (Lipinski definition) is 1. The lowest BCUT2D eigenvalue weighted by Crippen LogP contribution is -2.55. The van der Waals surface area contributed by atoms with Crippen LogP contribution < -0.4 is 5.32 Å². The molecule has 1 N–H and O–H groups in total. The maximum atomic E-state index is 9.60. The number of fused-ring (bicyclic) bond motifs is 5. The van der Waals surface area contributed by atoms with E-state index in [1.54, 1.807) is 6.42 Å². The summed E-state index contributed by atoms with van der Waals surface area (Å²) in [6, 6.07) is 0. The number of carbonyl (C=O) groups is 1. The molecule has 34 heavy (non-hydrogen) atoms. The van der Waals surface area contributed by atoms with E-state index in [2.05, 4.69) is 46.9 Å². The van der Waals surface area contributed by atoms with E-state index >= 15 is 0 Å². The van der Waals surface area contributed by atoms with Crippen molar-refractivity contribution in [1.29, 1.82) is 0 Å². The number of rotatable bonds is 8. The fourth-order valence-electron chi connectivity index (χ4n) is 9.78. The summed E-state index contributed by atoms with van der Waals surface area (Å²) in [7, 11) is 1.87. The average Bonchev–Trinajstić information content (AvgIpc) is 3.18. The Morgan fingerprint density at radius 1 is 0.971 bits per heavy atom. The Morgan fingerprint density at radius 3 is 2.32 bits per heavy atom. The fourth-order valence-corrected chi connectivity index (χ4v) is 9.78. The summed E-state index contributed by atoms with van der Waals surface area (Å²) >= 11 is 0. The molecule has 9 atom stereocenters. The molecule has 198 valence electrons. The van der Waals surface area contributed by atoms with Gasteiger partial charge in [-0.2, -0.15) is 0 Å². The summed E-state index contributed by atoms with van der Waals surface area (Å²) in [4.78, 5) is 9.60. The molecule has 0 radical (unpaired) electrons. The van der Waals surface area contributed by atoms with Gasteiger partial charge in [-0.1, -0.05) is 60.8 Å². The van der Waals surface area contributed by atoms with Crippen LogP contribution in [0.1, 0.15) is 112 Å². The molecule has 4 saturated carbocycles. The standard InChI is InChI=1S/C26H46O.C5H11NO/c1-6-19-17-20-23-11-10-21(18(2)13-16-27-5)26(23,4)15-12-24(20)25(3)14-8-7-9-22(19)25;1-5(2)3-6-4-7/h18-24H,6-17H2,1-5H3;4-5H,3H2,1-2H3,(H,6,7)/t18?,19-,20?,21?,22?,23?,24-,25?,26?;/m0./s1. The maximum Gasteiger partial charge on any atom is 0.207 e. The predicted octanol–water partition coefficient (Wildman–Crippen LogP) is 7.73. The van der Waals surface area contributed by atoms with Crippen molar-refractivity contribution in [3.63, 3.8) is 0 Å². The molecule has 7 unspecified atom stereocenters. The van der Waals surface area contributed by atoms with E-state index in [1.807, 2.05) is 7.11 Å². The highest BCUT2D eigenvalue weighted by Crippen LogP contribution is 2.69. The van der Waals surface area contributed by atoms with Crippen molar-refractivity contribution < 1.29 is 9.53 Å². The molecule has 0 bridgehead atoms. The van der Waals surface area contributed by atoms with Crippen LogP contribution in [0.25, 0.3) is 0 Å². The first-order valence-corrected chi connectivity index (χ1v) is 14.9. The van der Waals surface area contributed by atoms with E-state index in [9.17, 15) is 4.79 Å². The molecule has 4 aliphatic rings. The molecule has 0 spiro atoms. The first-order chi connectivity index (χ1) is 16.2. The summed E-state index contributed by atoms with van der Waals surface area (Å²) < 4.78 is 5.43. The van der Waals surface area contributed by atoms with Crippen molar-refractivity contribution >= 4 is 6.41 Å². The SMILES string of the molecule is CC(C)CNC=O.CC[C@H]1CC2C3CCC(C(C)CCOC)C3(C)CC[C@@H]2C2(C)CCCCC12. The van der Waals surface area contributed by atoms with Gasteiger partial charge in [-0.25, -0.2) is 0 Å². The molecule has 0 aliphatic heterocycles. The van der Waals surface area contributed by atoms with E-state index in [4.69, 9.17) is 4.74 Å². The van der Waals surface area contributed by atoms with Crippen molar-refractivity contribution in [2.24, 2.45) is 58.2 Å². The van der Waals surface area contributed by atoms with E-state index < -0.39 is 0 Å². The first-order valence-electron chi connectivity index (χ1n) is 14.9. The summed E-state index contributed by atoms with van der Waals surface area (Å²) in [5, 5.41) is 2.57. The van der Waals surface area contributed by atoms with Crippen LogP contribution in [-0.2, 0) is 9.53 Å². The van der Waals surface area contributed by atoms with Gasteiger partial charge < -0.3 is 10.1 Å². The Balaban J connectivity index is 0.000000406. The summed E-state index contributed by atoms with van der Waals surface area (Å²) in [6.07, 6.45) is 17.1. The second-order valence-corrected chi connectivity index (χ2v) is 13.5. The van der Waals surface area contributed by atoms with E-state index in [1.165, 1.54) is 64.2 Å². The number of nitrogens with one attached hydrogen (secondary N) is 1. The minimum atomic E-state index is 0.560. The molecule has 3 nitrogen and oxygen atoms in total. The van der Waals surface area contributed by atoms with Crippen LogP contribution >= 0.6 is 0 Å². The number of hydrogen-bond acceptors (Lipinski definition) is 2. The van der Waals surface area contributed by atoms with Crippen LogP contribution in [0.15, 0.2) is 0 Å². The quantitative estimate of drug-likeness (QED) is 0.365. The van der Waals surface area contributed by atoms with Crippen molar-refractivity contribution in [2.75, 3.05) is 20.3 Å². The summed E-state index contributed by atoms with van der Waals surface area (Å²) in [5.41, 5.74) is 1.29. The third-order valence-corrected chi connectivity index (χ3v) is 11.4. The zero-order valence-corrected chi connectivity index (χ0v) is 23.7. The molecule has 1 amide bonds. The van der Waals surface area contributed by atoms with E-state index in [0.29, 0.717) is 16.7 Å². The zero-order chi connectivity index (χ0) is 24.9. The minimum absolute atomic E-state index is 0.560. The normalized spacial score (nSPS) is 42.0. The lowest BCUT2D eigenvalue weighted by atomic mass is 9.42. The molecule has 4 fully saturated rings. The molecular formula is C31H57NO2. The van der Waals surface area contributed by atoms with Crippen LogP contribution in [0.2, 0.25) is 0 Å². The second kappa shape index (κ2) is 12.1. The minimum Gasteiger partial charge on any atom is -0.385 e. The third kappa shape index (κ3) is 5.55. The largest absolute Gasteiger partial charge is 0.385 e. The Labute approximate surface area is 211 Å². The Bertz CT molecular complexity index is 635. The highest BCUT2D eigenvalue weighted by atomic mass is 16.5. The smallest absolute Gasteiger partial charge is 0.207 e. The van der Waals surface area contributed by atoms with E-state index in [-0.39, 0.29) is 0 Å². The molecule has 4 rings (SSSR count). The molecule has 3 heteroatoms. The van der Waals surface area contributed by atoms with Gasteiger partial charge in [-0.15, -0.1) is 0 Å². The molecule has 4 aliphatic carbocycles. The van der Waals surface area contributed by atoms with Crippen molar-refractivity contribution in [3.8, 4) is 0 Å². The maximum absolute atomic E-state index is 9.60. The van der Waals surface area contributed by atoms with Crippen LogP contribution in [0.3, 0.4) is 0 Å². The lowest BCUT2D eigenvalue weighted by Gasteiger charge is -2.63.